The number of aliphatic hydroxyl groups is 1. The van der Waals surface area contributed by atoms with Crippen LogP contribution in [0, 0.1) is 17.5 Å². The molecule has 1 N–H and O–H groups in total. The lowest BCUT2D eigenvalue weighted by molar-refractivity contribution is 0.216. The minimum absolute atomic E-state index is 0.251. The molecule has 0 amide bonds. The fourth-order valence-electron chi connectivity index (χ4n) is 1.64. The fraction of sp³-hybridized carbons (Fsp3) is 0.231. The Hall–Kier alpha value is -1.33. The van der Waals surface area contributed by atoms with Gasteiger partial charge in [0.2, 0.25) is 0 Å². The molecule has 1 heterocycles. The molecule has 5 heteroatoms. The number of aliphatic hydroxyl groups excluding tert-OH is 1. The molecule has 0 spiro atoms. The van der Waals surface area contributed by atoms with Gasteiger partial charge in [-0.25, -0.2) is 13.2 Å². The van der Waals surface area contributed by atoms with Crippen molar-refractivity contribution in [1.82, 2.24) is 0 Å². The first-order chi connectivity index (χ1) is 8.54. The molecule has 0 aliphatic rings. The number of rotatable bonds is 3. The van der Waals surface area contributed by atoms with Crippen LogP contribution in [0.2, 0.25) is 0 Å². The predicted octanol–water partition coefficient (Wildman–Crippen LogP) is 3.81. The molecule has 1 aromatic heterocycles. The van der Waals surface area contributed by atoms with E-state index >= 15 is 0 Å². The minimum Gasteiger partial charge on any atom is -0.383 e. The van der Waals surface area contributed by atoms with Crippen LogP contribution < -0.4 is 0 Å². The third-order valence-electron chi connectivity index (χ3n) is 2.66. The minimum atomic E-state index is -1.56. The average molecular weight is 272 g/mol. The second-order valence-corrected chi connectivity index (χ2v) is 5.02. The van der Waals surface area contributed by atoms with Crippen LogP contribution in [-0.4, -0.2) is 5.11 Å². The van der Waals surface area contributed by atoms with Crippen molar-refractivity contribution in [2.24, 2.45) is 0 Å². The maximum Gasteiger partial charge on any atom is 0.194 e. The summed E-state index contributed by atoms with van der Waals surface area (Å²) in [6, 6.07) is 5.35. The molecule has 96 valence electrons. The lowest BCUT2D eigenvalue weighted by Crippen LogP contribution is -2.04. The fourth-order valence-corrected chi connectivity index (χ4v) is 2.59. The third kappa shape index (κ3) is 2.28. The van der Waals surface area contributed by atoms with Crippen molar-refractivity contribution < 1.29 is 18.3 Å². The molecule has 18 heavy (non-hydrogen) atoms. The van der Waals surface area contributed by atoms with Crippen molar-refractivity contribution in [2.75, 3.05) is 0 Å². The van der Waals surface area contributed by atoms with Crippen molar-refractivity contribution in [3.63, 3.8) is 0 Å². The molecule has 0 aliphatic heterocycles. The Kier molecular flexibility index (Phi) is 3.73. The Bertz CT molecular complexity index is 565. The van der Waals surface area contributed by atoms with E-state index in [0.717, 1.165) is 23.4 Å². The summed E-state index contributed by atoms with van der Waals surface area (Å²) < 4.78 is 39.4. The molecule has 0 fully saturated rings. The van der Waals surface area contributed by atoms with Crippen molar-refractivity contribution in [1.29, 1.82) is 0 Å². The van der Waals surface area contributed by atoms with Crippen molar-refractivity contribution in [2.45, 2.75) is 19.4 Å². The topological polar surface area (TPSA) is 20.2 Å². The van der Waals surface area contributed by atoms with Crippen molar-refractivity contribution in [3.05, 3.63) is 57.0 Å². The molecular weight excluding hydrogens is 261 g/mol. The lowest BCUT2D eigenvalue weighted by Gasteiger charge is -2.10. The van der Waals surface area contributed by atoms with E-state index < -0.39 is 23.6 Å². The molecule has 2 rings (SSSR count). The SMILES string of the molecule is CCc1ccc(C(O)c2ccc(F)c(F)c2F)s1. The van der Waals surface area contributed by atoms with Crippen LogP contribution in [0.5, 0.6) is 0 Å². The number of hydrogen-bond donors (Lipinski definition) is 1. The first kappa shape index (κ1) is 13.1. The van der Waals surface area contributed by atoms with Crippen LogP contribution in [0.15, 0.2) is 24.3 Å². The average Bonchev–Trinajstić information content (AvgIpc) is 2.84. The molecule has 0 saturated heterocycles. The van der Waals surface area contributed by atoms with Crippen LogP contribution in [-0.2, 0) is 6.42 Å². The zero-order chi connectivity index (χ0) is 13.3. The first-order valence-electron chi connectivity index (χ1n) is 5.44. The van der Waals surface area contributed by atoms with Gasteiger partial charge in [-0.2, -0.15) is 0 Å². The maximum atomic E-state index is 13.5. The summed E-state index contributed by atoms with van der Waals surface area (Å²) in [6.07, 6.45) is -0.470. The zero-order valence-electron chi connectivity index (χ0n) is 9.58. The van der Waals surface area contributed by atoms with Gasteiger partial charge in [-0.15, -0.1) is 11.3 Å². The number of hydrogen-bond acceptors (Lipinski definition) is 2. The van der Waals surface area contributed by atoms with Gasteiger partial charge in [0.25, 0.3) is 0 Å². The summed E-state index contributed by atoms with van der Waals surface area (Å²) in [4.78, 5) is 1.55. The van der Waals surface area contributed by atoms with Crippen LogP contribution in [0.25, 0.3) is 0 Å². The Morgan fingerprint density at radius 1 is 1.11 bits per heavy atom. The van der Waals surface area contributed by atoms with E-state index in [9.17, 15) is 18.3 Å². The zero-order valence-corrected chi connectivity index (χ0v) is 10.4. The van der Waals surface area contributed by atoms with Gasteiger partial charge in [-0.1, -0.05) is 6.92 Å². The van der Waals surface area contributed by atoms with Crippen LogP contribution >= 0.6 is 11.3 Å². The van der Waals surface area contributed by atoms with E-state index in [0.29, 0.717) is 4.88 Å². The molecule has 2 aromatic rings. The van der Waals surface area contributed by atoms with E-state index in [4.69, 9.17) is 0 Å². The van der Waals surface area contributed by atoms with Crippen LogP contribution in [0.3, 0.4) is 0 Å². The van der Waals surface area contributed by atoms with Crippen molar-refractivity contribution >= 4 is 11.3 Å². The Labute approximate surface area is 107 Å². The van der Waals surface area contributed by atoms with Gasteiger partial charge in [-0.05, 0) is 30.7 Å². The molecule has 0 bridgehead atoms. The summed E-state index contributed by atoms with van der Waals surface area (Å²) in [6.45, 7) is 1.96. The highest BCUT2D eigenvalue weighted by atomic mass is 32.1. The number of aryl methyl sites for hydroxylation is 1. The van der Waals surface area contributed by atoms with E-state index in [1.54, 1.807) is 6.07 Å². The smallest absolute Gasteiger partial charge is 0.194 e. The van der Waals surface area contributed by atoms with Crippen LogP contribution in [0.4, 0.5) is 13.2 Å². The summed E-state index contributed by atoms with van der Waals surface area (Å²) in [5, 5.41) is 9.98. The highest BCUT2D eigenvalue weighted by Crippen LogP contribution is 2.31. The van der Waals surface area contributed by atoms with Crippen LogP contribution in [0.1, 0.15) is 28.3 Å². The van der Waals surface area contributed by atoms with E-state index in [-0.39, 0.29) is 5.56 Å². The molecule has 0 saturated carbocycles. The van der Waals surface area contributed by atoms with Gasteiger partial charge in [0.1, 0.15) is 6.10 Å². The molecular formula is C13H11F3OS. The Balaban J connectivity index is 2.39. The quantitative estimate of drug-likeness (QED) is 0.842. The molecule has 0 radical (unpaired) electrons. The highest BCUT2D eigenvalue weighted by molar-refractivity contribution is 7.12. The van der Waals surface area contributed by atoms with Gasteiger partial charge in [0.05, 0.1) is 0 Å². The molecule has 1 aromatic carbocycles. The number of halogens is 3. The van der Waals surface area contributed by atoms with Gasteiger partial charge >= 0.3 is 0 Å². The standard InChI is InChI=1S/C13H11F3OS/c1-2-7-3-6-10(18-7)13(17)8-4-5-9(14)12(16)11(8)15/h3-6,13,17H,2H2,1H3. The summed E-state index contributed by atoms with van der Waals surface area (Å²) >= 11 is 1.32. The lowest BCUT2D eigenvalue weighted by atomic mass is 10.1. The summed E-state index contributed by atoms with van der Waals surface area (Å²) in [5.41, 5.74) is -0.251. The normalized spacial score (nSPS) is 12.7. The van der Waals surface area contributed by atoms with Gasteiger partial charge in [0.15, 0.2) is 17.5 Å². The molecule has 1 nitrogen and oxygen atoms in total. The van der Waals surface area contributed by atoms with E-state index in [1.807, 2.05) is 13.0 Å². The summed E-state index contributed by atoms with van der Waals surface area (Å²) in [5.74, 6) is -4.16. The van der Waals surface area contributed by atoms with Gasteiger partial charge < -0.3 is 5.11 Å². The summed E-state index contributed by atoms with van der Waals surface area (Å²) in [7, 11) is 0. The second kappa shape index (κ2) is 5.12. The van der Waals surface area contributed by atoms with Gasteiger partial charge in [-0.3, -0.25) is 0 Å². The maximum absolute atomic E-state index is 13.5. The second-order valence-electron chi connectivity index (χ2n) is 3.82. The molecule has 1 atom stereocenters. The predicted molar refractivity (Wildman–Crippen MR) is 64.1 cm³/mol. The Morgan fingerprint density at radius 2 is 1.83 bits per heavy atom. The number of thiophene rings is 1. The molecule has 0 aliphatic carbocycles. The molecule has 1 unspecified atom stereocenters. The highest BCUT2D eigenvalue weighted by Gasteiger charge is 2.21. The van der Waals surface area contributed by atoms with E-state index in [1.165, 1.54) is 11.3 Å². The third-order valence-corrected chi connectivity index (χ3v) is 3.94. The Morgan fingerprint density at radius 3 is 2.44 bits per heavy atom. The monoisotopic (exact) mass is 272 g/mol. The van der Waals surface area contributed by atoms with Crippen molar-refractivity contribution in [3.8, 4) is 0 Å². The van der Waals surface area contributed by atoms with E-state index in [2.05, 4.69) is 0 Å². The first-order valence-corrected chi connectivity index (χ1v) is 6.26. The van der Waals surface area contributed by atoms with Gasteiger partial charge in [0, 0.05) is 15.3 Å². The largest absolute Gasteiger partial charge is 0.383 e. The number of benzene rings is 1.